The maximum atomic E-state index is 12.8. The third kappa shape index (κ3) is 4.92. The molecule has 2 saturated carbocycles. The van der Waals surface area contributed by atoms with Crippen LogP contribution in [0.3, 0.4) is 0 Å². The summed E-state index contributed by atoms with van der Waals surface area (Å²) < 4.78 is 0. The molecule has 1 aromatic rings. The average molecular weight is 382 g/mol. The van der Waals surface area contributed by atoms with E-state index in [-0.39, 0.29) is 29.2 Å². The van der Waals surface area contributed by atoms with Crippen LogP contribution < -0.4 is 10.6 Å². The summed E-state index contributed by atoms with van der Waals surface area (Å²) in [7, 11) is 0. The van der Waals surface area contributed by atoms with Crippen LogP contribution in [0.25, 0.3) is 0 Å². The van der Waals surface area contributed by atoms with E-state index in [4.69, 9.17) is 0 Å². The predicted molar refractivity (Wildman–Crippen MR) is 109 cm³/mol. The van der Waals surface area contributed by atoms with Crippen molar-refractivity contribution >= 4 is 11.8 Å². The summed E-state index contributed by atoms with van der Waals surface area (Å²) in [6.07, 6.45) is 5.54. The molecule has 150 valence electrons. The standard InChI is InChI=1S/C23H31N3O2/c1-23(2,3)17-12-10-16(11-13-17)21(27)25-19-7-5-4-6-18(19)22(28)26-20(14-24)15-8-9-15/h10-13,15,18-20H,4-9H2,1-3H3,(H,25,27)(H,26,28)/t18-,19+,20?/m1/s1. The number of benzene rings is 1. The molecule has 3 rings (SSSR count). The van der Waals surface area contributed by atoms with E-state index in [0.29, 0.717) is 11.5 Å². The van der Waals surface area contributed by atoms with Crippen LogP contribution in [0.2, 0.25) is 0 Å². The Morgan fingerprint density at radius 3 is 2.29 bits per heavy atom. The molecule has 0 aromatic heterocycles. The van der Waals surface area contributed by atoms with Crippen molar-refractivity contribution in [3.63, 3.8) is 0 Å². The summed E-state index contributed by atoms with van der Waals surface area (Å²) in [4.78, 5) is 25.5. The van der Waals surface area contributed by atoms with Crippen molar-refractivity contribution in [1.82, 2.24) is 10.6 Å². The molecule has 2 aliphatic rings. The normalized spacial score (nSPS) is 23.4. The van der Waals surface area contributed by atoms with Gasteiger partial charge in [-0.25, -0.2) is 0 Å². The van der Waals surface area contributed by atoms with Crippen molar-refractivity contribution in [3.8, 4) is 6.07 Å². The van der Waals surface area contributed by atoms with Crippen molar-refractivity contribution in [3.05, 3.63) is 35.4 Å². The number of hydrogen-bond donors (Lipinski definition) is 2. The Balaban J connectivity index is 1.64. The summed E-state index contributed by atoms with van der Waals surface area (Å²) in [5, 5.41) is 15.3. The molecule has 0 radical (unpaired) electrons. The van der Waals surface area contributed by atoms with E-state index < -0.39 is 6.04 Å². The average Bonchev–Trinajstić information content (AvgIpc) is 3.51. The number of nitrogens with one attached hydrogen (secondary N) is 2. The number of rotatable bonds is 5. The molecule has 0 bridgehead atoms. The van der Waals surface area contributed by atoms with E-state index in [9.17, 15) is 14.9 Å². The van der Waals surface area contributed by atoms with Crippen LogP contribution in [0.4, 0.5) is 0 Å². The first-order valence-corrected chi connectivity index (χ1v) is 10.4. The van der Waals surface area contributed by atoms with Gasteiger partial charge in [0, 0.05) is 11.6 Å². The van der Waals surface area contributed by atoms with Crippen molar-refractivity contribution in [2.75, 3.05) is 0 Å². The number of nitriles is 1. The van der Waals surface area contributed by atoms with Crippen molar-refractivity contribution in [2.24, 2.45) is 11.8 Å². The van der Waals surface area contributed by atoms with Gasteiger partial charge in [-0.2, -0.15) is 5.26 Å². The van der Waals surface area contributed by atoms with Crippen LogP contribution in [0.5, 0.6) is 0 Å². The minimum Gasteiger partial charge on any atom is -0.349 e. The molecule has 28 heavy (non-hydrogen) atoms. The van der Waals surface area contributed by atoms with Gasteiger partial charge in [-0.05, 0) is 54.7 Å². The van der Waals surface area contributed by atoms with Crippen molar-refractivity contribution in [2.45, 2.75) is 76.8 Å². The smallest absolute Gasteiger partial charge is 0.251 e. The van der Waals surface area contributed by atoms with E-state index >= 15 is 0 Å². The first-order valence-electron chi connectivity index (χ1n) is 10.4. The minimum atomic E-state index is -0.393. The molecule has 0 spiro atoms. The van der Waals surface area contributed by atoms with E-state index in [0.717, 1.165) is 38.5 Å². The fraction of sp³-hybridized carbons (Fsp3) is 0.609. The first kappa shape index (κ1) is 20.4. The number of carbonyl (C=O) groups is 2. The number of amides is 2. The van der Waals surface area contributed by atoms with Gasteiger partial charge in [0.1, 0.15) is 6.04 Å². The van der Waals surface area contributed by atoms with Gasteiger partial charge in [-0.3, -0.25) is 9.59 Å². The maximum Gasteiger partial charge on any atom is 0.251 e. The van der Waals surface area contributed by atoms with Crippen LogP contribution in [0, 0.1) is 23.2 Å². The second kappa shape index (κ2) is 8.34. The quantitative estimate of drug-likeness (QED) is 0.816. The van der Waals surface area contributed by atoms with Gasteiger partial charge in [-0.15, -0.1) is 0 Å². The molecule has 5 heteroatoms. The second-order valence-corrected chi connectivity index (χ2v) is 9.25. The van der Waals surface area contributed by atoms with Gasteiger partial charge in [0.2, 0.25) is 5.91 Å². The van der Waals surface area contributed by atoms with Crippen LogP contribution in [0.15, 0.2) is 24.3 Å². The zero-order valence-electron chi connectivity index (χ0n) is 17.1. The highest BCUT2D eigenvalue weighted by molar-refractivity contribution is 5.95. The highest BCUT2D eigenvalue weighted by Crippen LogP contribution is 2.33. The fourth-order valence-electron chi connectivity index (χ4n) is 3.94. The lowest BCUT2D eigenvalue weighted by molar-refractivity contribution is -0.127. The molecular formula is C23H31N3O2. The van der Waals surface area contributed by atoms with Crippen LogP contribution >= 0.6 is 0 Å². The predicted octanol–water partition coefficient (Wildman–Crippen LogP) is 3.69. The summed E-state index contributed by atoms with van der Waals surface area (Å²) in [5.74, 6) is -0.191. The van der Waals surface area contributed by atoms with Gasteiger partial charge in [0.15, 0.2) is 0 Å². The lowest BCUT2D eigenvalue weighted by Crippen LogP contribution is -2.50. The van der Waals surface area contributed by atoms with Gasteiger partial charge < -0.3 is 10.6 Å². The molecule has 1 unspecified atom stereocenters. The Kier molecular flexibility index (Phi) is 6.07. The molecule has 2 N–H and O–H groups in total. The molecule has 2 amide bonds. The Bertz CT molecular complexity index is 754. The van der Waals surface area contributed by atoms with Crippen LogP contribution in [0.1, 0.15) is 75.2 Å². The molecule has 2 aliphatic carbocycles. The molecule has 5 nitrogen and oxygen atoms in total. The zero-order valence-corrected chi connectivity index (χ0v) is 17.1. The van der Waals surface area contributed by atoms with E-state index in [1.807, 2.05) is 24.3 Å². The molecular weight excluding hydrogens is 350 g/mol. The number of carbonyl (C=O) groups excluding carboxylic acids is 2. The highest BCUT2D eigenvalue weighted by Gasteiger charge is 2.37. The summed E-state index contributed by atoms with van der Waals surface area (Å²) >= 11 is 0. The van der Waals surface area contributed by atoms with Gasteiger partial charge >= 0.3 is 0 Å². The highest BCUT2D eigenvalue weighted by atomic mass is 16.2. The van der Waals surface area contributed by atoms with E-state index in [2.05, 4.69) is 37.5 Å². The van der Waals surface area contributed by atoms with Crippen molar-refractivity contribution in [1.29, 1.82) is 5.26 Å². The second-order valence-electron chi connectivity index (χ2n) is 9.25. The van der Waals surface area contributed by atoms with Gasteiger partial charge in [0.25, 0.3) is 5.91 Å². The summed E-state index contributed by atoms with van der Waals surface area (Å²) in [6, 6.07) is 9.34. The summed E-state index contributed by atoms with van der Waals surface area (Å²) in [5.41, 5.74) is 1.84. The van der Waals surface area contributed by atoms with Crippen molar-refractivity contribution < 1.29 is 9.59 Å². The lowest BCUT2D eigenvalue weighted by atomic mass is 9.83. The Morgan fingerprint density at radius 1 is 1.07 bits per heavy atom. The maximum absolute atomic E-state index is 12.8. The topological polar surface area (TPSA) is 82.0 Å². The van der Waals surface area contributed by atoms with E-state index in [1.54, 1.807) is 0 Å². The lowest BCUT2D eigenvalue weighted by Gasteiger charge is -2.32. The molecule has 0 saturated heterocycles. The third-order valence-electron chi connectivity index (χ3n) is 5.96. The third-order valence-corrected chi connectivity index (χ3v) is 5.96. The Hall–Kier alpha value is -2.35. The Labute approximate surface area is 167 Å². The fourth-order valence-corrected chi connectivity index (χ4v) is 3.94. The molecule has 1 aromatic carbocycles. The first-order chi connectivity index (χ1) is 13.3. The van der Waals surface area contributed by atoms with Gasteiger partial charge in [-0.1, -0.05) is 45.7 Å². The van der Waals surface area contributed by atoms with Crippen LogP contribution in [-0.4, -0.2) is 23.9 Å². The Morgan fingerprint density at radius 2 is 1.71 bits per heavy atom. The van der Waals surface area contributed by atoms with Gasteiger partial charge in [0.05, 0.1) is 12.0 Å². The molecule has 3 atom stereocenters. The summed E-state index contributed by atoms with van der Waals surface area (Å²) in [6.45, 7) is 6.43. The molecule has 2 fully saturated rings. The SMILES string of the molecule is CC(C)(C)c1ccc(C(=O)N[C@H]2CCCC[C@H]2C(=O)NC(C#N)C2CC2)cc1. The molecule has 0 aliphatic heterocycles. The minimum absolute atomic E-state index is 0.0421. The van der Waals surface area contributed by atoms with Crippen LogP contribution in [-0.2, 0) is 10.2 Å². The zero-order chi connectivity index (χ0) is 20.3. The largest absolute Gasteiger partial charge is 0.349 e. The number of hydrogen-bond acceptors (Lipinski definition) is 3. The monoisotopic (exact) mass is 381 g/mol. The molecule has 0 heterocycles. The van der Waals surface area contributed by atoms with E-state index in [1.165, 1.54) is 5.56 Å². The number of nitrogens with zero attached hydrogens (tertiary/aromatic N) is 1.